The van der Waals surface area contributed by atoms with Gasteiger partial charge in [-0.05, 0) is 55.8 Å². The zero-order chi connectivity index (χ0) is 21.3. The molecular formula is C23H21NO6. The summed E-state index contributed by atoms with van der Waals surface area (Å²) in [7, 11) is 0. The van der Waals surface area contributed by atoms with Crippen LogP contribution in [0.4, 0.5) is 5.69 Å². The highest BCUT2D eigenvalue weighted by Crippen LogP contribution is 2.29. The monoisotopic (exact) mass is 407 g/mol. The average Bonchev–Trinajstić information content (AvgIpc) is 3.10. The van der Waals surface area contributed by atoms with Crippen molar-refractivity contribution in [3.8, 4) is 11.5 Å². The first kappa shape index (κ1) is 19.7. The van der Waals surface area contributed by atoms with E-state index in [1.54, 1.807) is 41.3 Å². The Morgan fingerprint density at radius 2 is 1.83 bits per heavy atom. The molecule has 1 aromatic heterocycles. The molecule has 0 radical (unpaired) electrons. The van der Waals surface area contributed by atoms with E-state index in [4.69, 9.17) is 13.9 Å². The summed E-state index contributed by atoms with van der Waals surface area (Å²) < 4.78 is 16.1. The van der Waals surface area contributed by atoms with Gasteiger partial charge in [0.05, 0.1) is 12.5 Å². The van der Waals surface area contributed by atoms with Crippen LogP contribution in [-0.4, -0.2) is 25.0 Å². The molecule has 2 aromatic carbocycles. The maximum atomic E-state index is 12.6. The van der Waals surface area contributed by atoms with Crippen LogP contribution in [0.5, 0.6) is 11.5 Å². The lowest BCUT2D eigenvalue weighted by molar-refractivity contribution is -0.139. The minimum Gasteiger partial charge on any atom is -0.494 e. The number of carbonyl (C=O) groups is 2. The van der Waals surface area contributed by atoms with E-state index in [-0.39, 0.29) is 24.6 Å². The minimum absolute atomic E-state index is 0.0772. The molecule has 2 heterocycles. The number of amides is 1. The second-order valence-corrected chi connectivity index (χ2v) is 7.16. The number of nitrogens with zero attached hydrogens (tertiary/aromatic N) is 1. The van der Waals surface area contributed by atoms with Crippen LogP contribution in [0.3, 0.4) is 0 Å². The number of hydrogen-bond acceptors (Lipinski definition) is 6. The summed E-state index contributed by atoms with van der Waals surface area (Å²) in [6, 6.07) is 13.5. The quantitative estimate of drug-likeness (QED) is 0.366. The Bertz CT molecular complexity index is 1160. The Morgan fingerprint density at radius 1 is 1.10 bits per heavy atom. The summed E-state index contributed by atoms with van der Waals surface area (Å²) in [6.07, 6.45) is 0.0772. The first-order chi connectivity index (χ1) is 14.4. The van der Waals surface area contributed by atoms with Gasteiger partial charge < -0.3 is 18.8 Å². The van der Waals surface area contributed by atoms with Crippen LogP contribution < -0.4 is 20.0 Å². The van der Waals surface area contributed by atoms with Crippen molar-refractivity contribution in [3.63, 3.8) is 0 Å². The molecule has 7 heteroatoms. The van der Waals surface area contributed by atoms with E-state index in [9.17, 15) is 14.4 Å². The van der Waals surface area contributed by atoms with Gasteiger partial charge in [-0.25, -0.2) is 4.79 Å². The molecule has 0 N–H and O–H groups in total. The van der Waals surface area contributed by atoms with E-state index in [2.05, 4.69) is 0 Å². The van der Waals surface area contributed by atoms with Crippen LogP contribution in [0.1, 0.15) is 18.9 Å². The molecule has 0 saturated carbocycles. The second kappa shape index (κ2) is 8.02. The number of rotatable bonds is 5. The fourth-order valence-electron chi connectivity index (χ4n) is 3.57. The van der Waals surface area contributed by atoms with E-state index in [1.165, 1.54) is 12.1 Å². The smallest absolute Gasteiger partial charge is 0.336 e. The predicted molar refractivity (Wildman–Crippen MR) is 111 cm³/mol. The van der Waals surface area contributed by atoms with Crippen molar-refractivity contribution in [1.29, 1.82) is 0 Å². The zero-order valence-corrected chi connectivity index (χ0v) is 16.7. The Morgan fingerprint density at radius 3 is 2.57 bits per heavy atom. The first-order valence-corrected chi connectivity index (χ1v) is 9.74. The van der Waals surface area contributed by atoms with Crippen molar-refractivity contribution in [3.05, 3.63) is 64.5 Å². The van der Waals surface area contributed by atoms with Gasteiger partial charge in [0, 0.05) is 36.2 Å². The molecule has 0 unspecified atom stereocenters. The molecule has 4 rings (SSSR count). The SMILES string of the molecule is CCOc1ccc(N2C[C@@H](C(=O)Oc3ccc4c(C)cc(=O)oc4c3)CC2=O)cc1. The van der Waals surface area contributed by atoms with Crippen molar-refractivity contribution in [2.24, 2.45) is 5.92 Å². The number of hydrogen-bond donors (Lipinski definition) is 0. The zero-order valence-electron chi connectivity index (χ0n) is 16.7. The summed E-state index contributed by atoms with van der Waals surface area (Å²) in [5.74, 6) is -0.216. The summed E-state index contributed by atoms with van der Waals surface area (Å²) in [5.41, 5.74) is 1.38. The fourth-order valence-corrected chi connectivity index (χ4v) is 3.57. The highest BCUT2D eigenvalue weighted by Gasteiger charge is 2.36. The molecule has 1 amide bonds. The topological polar surface area (TPSA) is 86.0 Å². The van der Waals surface area contributed by atoms with E-state index >= 15 is 0 Å². The van der Waals surface area contributed by atoms with Gasteiger partial charge in [-0.3, -0.25) is 9.59 Å². The van der Waals surface area contributed by atoms with Gasteiger partial charge in [-0.2, -0.15) is 0 Å². The maximum absolute atomic E-state index is 12.6. The predicted octanol–water partition coefficient (Wildman–Crippen LogP) is 3.46. The summed E-state index contributed by atoms with van der Waals surface area (Å²) in [4.78, 5) is 38.2. The van der Waals surface area contributed by atoms with E-state index in [0.29, 0.717) is 17.9 Å². The van der Waals surface area contributed by atoms with Crippen LogP contribution in [-0.2, 0) is 9.59 Å². The molecule has 0 bridgehead atoms. The van der Waals surface area contributed by atoms with Gasteiger partial charge in [0.2, 0.25) is 5.91 Å². The summed E-state index contributed by atoms with van der Waals surface area (Å²) in [6.45, 7) is 4.52. The van der Waals surface area contributed by atoms with Gasteiger partial charge in [0.1, 0.15) is 17.1 Å². The van der Waals surface area contributed by atoms with Gasteiger partial charge in [0.15, 0.2) is 0 Å². The number of benzene rings is 2. The third-order valence-corrected chi connectivity index (χ3v) is 5.06. The van der Waals surface area contributed by atoms with Gasteiger partial charge in [0.25, 0.3) is 0 Å². The van der Waals surface area contributed by atoms with Crippen LogP contribution in [0.2, 0.25) is 0 Å². The number of fused-ring (bicyclic) bond motifs is 1. The average molecular weight is 407 g/mol. The lowest BCUT2D eigenvalue weighted by Crippen LogP contribution is -2.27. The highest BCUT2D eigenvalue weighted by atomic mass is 16.5. The third-order valence-electron chi connectivity index (χ3n) is 5.06. The highest BCUT2D eigenvalue weighted by molar-refractivity contribution is 5.99. The number of carbonyl (C=O) groups excluding carboxylic acids is 2. The summed E-state index contributed by atoms with van der Waals surface area (Å²) >= 11 is 0. The molecule has 1 aliphatic heterocycles. The Labute approximate surface area is 172 Å². The van der Waals surface area contributed by atoms with E-state index < -0.39 is 17.5 Å². The normalized spacial score (nSPS) is 16.1. The van der Waals surface area contributed by atoms with Gasteiger partial charge >= 0.3 is 11.6 Å². The molecule has 30 heavy (non-hydrogen) atoms. The van der Waals surface area contributed by atoms with E-state index in [0.717, 1.165) is 16.7 Å². The van der Waals surface area contributed by atoms with Gasteiger partial charge in [-0.1, -0.05) is 0 Å². The molecule has 0 aliphatic carbocycles. The second-order valence-electron chi connectivity index (χ2n) is 7.16. The van der Waals surface area contributed by atoms with Crippen molar-refractivity contribution in [2.75, 3.05) is 18.1 Å². The van der Waals surface area contributed by atoms with Crippen LogP contribution in [0.25, 0.3) is 11.0 Å². The first-order valence-electron chi connectivity index (χ1n) is 9.74. The Balaban J connectivity index is 1.47. The van der Waals surface area contributed by atoms with Gasteiger partial charge in [-0.15, -0.1) is 0 Å². The molecule has 1 fully saturated rings. The van der Waals surface area contributed by atoms with Crippen molar-refractivity contribution >= 4 is 28.5 Å². The lowest BCUT2D eigenvalue weighted by Gasteiger charge is -2.17. The number of anilines is 1. The molecule has 7 nitrogen and oxygen atoms in total. The molecule has 1 atom stereocenters. The Kier molecular flexibility index (Phi) is 5.27. The molecule has 1 aliphatic rings. The molecule has 154 valence electrons. The van der Waals surface area contributed by atoms with Crippen LogP contribution in [0, 0.1) is 12.8 Å². The maximum Gasteiger partial charge on any atom is 0.336 e. The largest absolute Gasteiger partial charge is 0.494 e. The lowest BCUT2D eigenvalue weighted by atomic mass is 10.1. The Hall–Kier alpha value is -3.61. The van der Waals surface area contributed by atoms with Crippen molar-refractivity contribution in [1.82, 2.24) is 0 Å². The molecular weight excluding hydrogens is 386 g/mol. The fraction of sp³-hybridized carbons (Fsp3) is 0.261. The summed E-state index contributed by atoms with van der Waals surface area (Å²) in [5, 5.41) is 0.770. The van der Waals surface area contributed by atoms with Crippen molar-refractivity contribution in [2.45, 2.75) is 20.3 Å². The van der Waals surface area contributed by atoms with Crippen molar-refractivity contribution < 1.29 is 23.5 Å². The standard InChI is InChI=1S/C23H21NO6/c1-3-28-17-6-4-16(5-7-17)24-13-15(11-21(24)25)23(27)29-18-8-9-19-14(2)10-22(26)30-20(19)12-18/h4-10,12,15H,3,11,13H2,1-2H3/t15-/m0/s1. The minimum atomic E-state index is -0.579. The molecule has 1 saturated heterocycles. The molecule has 0 spiro atoms. The van der Waals surface area contributed by atoms with Crippen LogP contribution >= 0.6 is 0 Å². The third kappa shape index (κ3) is 3.91. The number of aryl methyl sites for hydroxylation is 1. The number of ether oxygens (including phenoxy) is 2. The molecule has 3 aromatic rings. The number of esters is 1. The van der Waals surface area contributed by atoms with E-state index in [1.807, 2.05) is 13.8 Å². The van der Waals surface area contributed by atoms with Crippen LogP contribution in [0.15, 0.2) is 57.7 Å².